The van der Waals surface area contributed by atoms with Crippen molar-refractivity contribution >= 4 is 32.7 Å². The highest BCUT2D eigenvalue weighted by atomic mass is 15.1. The predicted molar refractivity (Wildman–Crippen MR) is 145 cm³/mol. The highest BCUT2D eigenvalue weighted by molar-refractivity contribution is 6.09. The van der Waals surface area contributed by atoms with E-state index < -0.39 is 0 Å². The molecule has 7 aromatic rings. The minimum absolute atomic E-state index is 0.874. The van der Waals surface area contributed by atoms with E-state index in [9.17, 15) is 0 Å². The number of nitrogens with zero attached hydrogens (tertiary/aromatic N) is 3. The molecule has 0 aliphatic carbocycles. The van der Waals surface area contributed by atoms with E-state index >= 15 is 0 Å². The van der Waals surface area contributed by atoms with Gasteiger partial charge in [-0.05, 0) is 69.4 Å². The first kappa shape index (κ1) is 19.7. The van der Waals surface area contributed by atoms with Gasteiger partial charge in [0.1, 0.15) is 11.5 Å². The van der Waals surface area contributed by atoms with Crippen molar-refractivity contribution in [1.29, 1.82) is 0 Å². The van der Waals surface area contributed by atoms with Crippen molar-refractivity contribution in [2.24, 2.45) is 0 Å². The highest BCUT2D eigenvalue weighted by Gasteiger charge is 2.14. The molecule has 0 unspecified atom stereocenters. The number of aromatic nitrogens is 3. The summed E-state index contributed by atoms with van der Waals surface area (Å²) in [6.07, 6.45) is 3.66. The summed E-state index contributed by atoms with van der Waals surface area (Å²) < 4.78 is 2.14. The molecule has 4 aromatic carbocycles. The van der Waals surface area contributed by atoms with Gasteiger partial charge in [0.05, 0.1) is 5.52 Å². The maximum atomic E-state index is 4.69. The summed E-state index contributed by atoms with van der Waals surface area (Å²) in [5.74, 6) is 0.874. The Morgan fingerprint density at radius 1 is 0.486 bits per heavy atom. The number of rotatable bonds is 3. The predicted octanol–water partition coefficient (Wildman–Crippen LogP) is 8.06. The average Bonchev–Trinajstić information content (AvgIpc) is 3.27. The summed E-state index contributed by atoms with van der Waals surface area (Å²) in [7, 11) is 0. The third-order valence-corrected chi connectivity index (χ3v) is 6.72. The van der Waals surface area contributed by atoms with Gasteiger partial charge in [0.15, 0.2) is 0 Å². The maximum absolute atomic E-state index is 4.69. The second-order valence-electron chi connectivity index (χ2n) is 8.73. The van der Waals surface area contributed by atoms with Crippen molar-refractivity contribution in [1.82, 2.24) is 14.5 Å². The van der Waals surface area contributed by atoms with Gasteiger partial charge in [0, 0.05) is 23.2 Å². The first-order valence-electron chi connectivity index (χ1n) is 11.8. The van der Waals surface area contributed by atoms with Crippen molar-refractivity contribution in [3.63, 3.8) is 0 Å². The first-order chi connectivity index (χ1) is 17.4. The SMILES string of the molecule is c1ccc(-n2c3ccc(-c4ccc(-c5cccc6ccccc56)cc4)cc3c3cccnc32)nc1. The summed E-state index contributed by atoms with van der Waals surface area (Å²) >= 11 is 0. The van der Waals surface area contributed by atoms with E-state index in [0.717, 1.165) is 22.4 Å². The molecule has 3 nitrogen and oxygen atoms in total. The molecule has 0 fully saturated rings. The average molecular weight is 448 g/mol. The lowest BCUT2D eigenvalue weighted by molar-refractivity contribution is 1.06. The molecular weight excluding hydrogens is 426 g/mol. The van der Waals surface area contributed by atoms with Crippen LogP contribution in [0.15, 0.2) is 128 Å². The lowest BCUT2D eigenvalue weighted by atomic mass is 9.96. The van der Waals surface area contributed by atoms with Crippen molar-refractivity contribution in [3.05, 3.63) is 128 Å². The third kappa shape index (κ3) is 3.21. The van der Waals surface area contributed by atoms with E-state index in [4.69, 9.17) is 4.98 Å². The zero-order valence-corrected chi connectivity index (χ0v) is 19.0. The molecule has 3 aromatic heterocycles. The Hall–Kier alpha value is -4.76. The van der Waals surface area contributed by atoms with Gasteiger partial charge in [-0.2, -0.15) is 0 Å². The summed E-state index contributed by atoms with van der Waals surface area (Å²) in [5.41, 5.74) is 6.89. The molecular formula is C32H21N3. The van der Waals surface area contributed by atoms with Gasteiger partial charge in [-0.1, -0.05) is 78.9 Å². The van der Waals surface area contributed by atoms with Gasteiger partial charge in [-0.25, -0.2) is 9.97 Å². The van der Waals surface area contributed by atoms with E-state index in [1.807, 2.05) is 36.7 Å². The van der Waals surface area contributed by atoms with Crippen LogP contribution < -0.4 is 0 Å². The molecule has 0 atom stereocenters. The fourth-order valence-electron chi connectivity index (χ4n) is 5.06. The number of benzene rings is 4. The van der Waals surface area contributed by atoms with Gasteiger partial charge in [0.2, 0.25) is 0 Å². The van der Waals surface area contributed by atoms with Crippen molar-refractivity contribution in [2.45, 2.75) is 0 Å². The van der Waals surface area contributed by atoms with Crippen molar-refractivity contribution in [2.75, 3.05) is 0 Å². The molecule has 0 saturated heterocycles. The Balaban J connectivity index is 1.35. The van der Waals surface area contributed by atoms with Crippen LogP contribution in [0.2, 0.25) is 0 Å². The molecule has 7 rings (SSSR count). The quantitative estimate of drug-likeness (QED) is 0.274. The second kappa shape index (κ2) is 7.93. The van der Waals surface area contributed by atoms with Gasteiger partial charge >= 0.3 is 0 Å². The summed E-state index contributed by atoms with van der Waals surface area (Å²) in [6, 6.07) is 40.7. The normalized spacial score (nSPS) is 11.4. The number of pyridine rings is 2. The van der Waals surface area contributed by atoms with Crippen LogP contribution in [0, 0.1) is 0 Å². The molecule has 0 radical (unpaired) electrons. The molecule has 0 aliphatic rings. The number of hydrogen-bond acceptors (Lipinski definition) is 2. The van der Waals surface area contributed by atoms with Crippen LogP contribution in [0.25, 0.3) is 60.8 Å². The van der Waals surface area contributed by atoms with Crippen LogP contribution in [0.3, 0.4) is 0 Å². The molecule has 0 bridgehead atoms. The lowest BCUT2D eigenvalue weighted by Gasteiger charge is -2.09. The van der Waals surface area contributed by atoms with Crippen LogP contribution in [-0.2, 0) is 0 Å². The van der Waals surface area contributed by atoms with Crippen molar-refractivity contribution in [3.8, 4) is 28.1 Å². The smallest absolute Gasteiger partial charge is 0.146 e. The number of hydrogen-bond donors (Lipinski definition) is 0. The minimum atomic E-state index is 0.874. The molecule has 35 heavy (non-hydrogen) atoms. The number of fused-ring (bicyclic) bond motifs is 4. The molecule has 0 saturated carbocycles. The summed E-state index contributed by atoms with van der Waals surface area (Å²) in [4.78, 5) is 9.28. The molecule has 0 spiro atoms. The van der Waals surface area contributed by atoms with E-state index in [1.54, 1.807) is 0 Å². The first-order valence-corrected chi connectivity index (χ1v) is 11.8. The van der Waals surface area contributed by atoms with Gasteiger partial charge in [-0.15, -0.1) is 0 Å². The van der Waals surface area contributed by atoms with Crippen LogP contribution in [0.4, 0.5) is 0 Å². The van der Waals surface area contributed by atoms with Crippen LogP contribution in [0.1, 0.15) is 0 Å². The third-order valence-electron chi connectivity index (χ3n) is 6.72. The van der Waals surface area contributed by atoms with Gasteiger partial charge < -0.3 is 0 Å². The zero-order chi connectivity index (χ0) is 23.2. The molecule has 0 N–H and O–H groups in total. The Morgan fingerprint density at radius 2 is 1.23 bits per heavy atom. The summed E-state index contributed by atoms with van der Waals surface area (Å²) in [6.45, 7) is 0. The van der Waals surface area contributed by atoms with Crippen molar-refractivity contribution < 1.29 is 0 Å². The Kier molecular flexibility index (Phi) is 4.46. The van der Waals surface area contributed by atoms with Crippen LogP contribution in [-0.4, -0.2) is 14.5 Å². The summed E-state index contributed by atoms with van der Waals surface area (Å²) in [5, 5.41) is 4.84. The molecule has 0 amide bonds. The van der Waals surface area contributed by atoms with Gasteiger partial charge in [-0.3, -0.25) is 4.57 Å². The van der Waals surface area contributed by atoms with Gasteiger partial charge in [0.25, 0.3) is 0 Å². The minimum Gasteiger partial charge on any atom is -0.278 e. The largest absolute Gasteiger partial charge is 0.278 e. The molecule has 0 aliphatic heterocycles. The molecule has 3 heteroatoms. The zero-order valence-electron chi connectivity index (χ0n) is 19.0. The standard InChI is InChI=1S/C32H21N3/c1-2-9-26-23(7-1)8-5-10-27(26)24-15-13-22(14-16-24)25-17-18-30-29(21-25)28-11-6-20-34-32(28)35(30)31-12-3-4-19-33-31/h1-21H. The highest BCUT2D eigenvalue weighted by Crippen LogP contribution is 2.35. The Morgan fingerprint density at radius 3 is 2.11 bits per heavy atom. The fraction of sp³-hybridized carbons (Fsp3) is 0. The Bertz CT molecular complexity index is 1830. The van der Waals surface area contributed by atoms with E-state index in [-0.39, 0.29) is 0 Å². The van der Waals surface area contributed by atoms with E-state index in [0.29, 0.717) is 0 Å². The van der Waals surface area contributed by atoms with E-state index in [2.05, 4.69) is 101 Å². The molecule has 164 valence electrons. The topological polar surface area (TPSA) is 30.7 Å². The lowest BCUT2D eigenvalue weighted by Crippen LogP contribution is -1.97. The fourth-order valence-corrected chi connectivity index (χ4v) is 5.06. The van der Waals surface area contributed by atoms with E-state index in [1.165, 1.54) is 38.4 Å². The van der Waals surface area contributed by atoms with Crippen LogP contribution >= 0.6 is 0 Å². The Labute approximate surface area is 203 Å². The monoisotopic (exact) mass is 447 g/mol. The maximum Gasteiger partial charge on any atom is 0.146 e. The second-order valence-corrected chi connectivity index (χ2v) is 8.73. The van der Waals surface area contributed by atoms with Crippen LogP contribution in [0.5, 0.6) is 0 Å². The molecule has 3 heterocycles.